The molecule has 268 valence electrons. The van der Waals surface area contributed by atoms with Crippen molar-refractivity contribution in [3.63, 3.8) is 0 Å². The van der Waals surface area contributed by atoms with Gasteiger partial charge in [0.2, 0.25) is 0 Å². The Morgan fingerprint density at radius 2 is 1.70 bits per heavy atom. The fourth-order valence-corrected chi connectivity index (χ4v) is 4.41. The Balaban J connectivity index is 1.98. The molecule has 0 unspecified atom stereocenters. The maximum atomic E-state index is 14.9. The number of carbonyl (C=O) groups is 4. The van der Waals surface area contributed by atoms with Gasteiger partial charge in [-0.3, -0.25) is 9.59 Å². The van der Waals surface area contributed by atoms with E-state index < -0.39 is 48.3 Å². The van der Waals surface area contributed by atoms with Gasteiger partial charge in [-0.15, -0.1) is 0 Å². The van der Waals surface area contributed by atoms with Gasteiger partial charge in [0.15, 0.2) is 11.6 Å². The van der Waals surface area contributed by atoms with Crippen LogP contribution in [0.1, 0.15) is 59.8 Å². The van der Waals surface area contributed by atoms with Crippen LogP contribution in [-0.2, 0) is 48.5 Å². The summed E-state index contributed by atoms with van der Waals surface area (Å²) >= 11 is 0. The fourth-order valence-electron chi connectivity index (χ4n) is 4.41. The highest BCUT2D eigenvalue weighted by atomic mass is 19.4. The van der Waals surface area contributed by atoms with E-state index in [1.807, 2.05) is 0 Å². The first-order chi connectivity index (χ1) is 23.6. The Kier molecular flexibility index (Phi) is 13.5. The SMILES string of the molecule is COc1cc(NCc2cc(COC(C)=O)cc(OC(C)C)c2CCC(=O)OOC(=O)C(F)(F)F)c(C(=O)Nc2ccc(/C=N/N)cc2)cc1F. The van der Waals surface area contributed by atoms with Crippen molar-refractivity contribution in [2.24, 2.45) is 10.9 Å². The van der Waals surface area contributed by atoms with Crippen LogP contribution >= 0.6 is 0 Å². The lowest BCUT2D eigenvalue weighted by molar-refractivity contribution is -0.285. The summed E-state index contributed by atoms with van der Waals surface area (Å²) in [5.41, 5.74) is 2.35. The molecule has 0 aliphatic rings. The number of benzene rings is 3. The Hall–Kier alpha value is -5.87. The third-order valence-electron chi connectivity index (χ3n) is 6.58. The number of ether oxygens (including phenoxy) is 3. The molecule has 50 heavy (non-hydrogen) atoms. The maximum absolute atomic E-state index is 14.9. The Labute approximate surface area is 283 Å². The number of carbonyl (C=O) groups excluding carboxylic acids is 4. The van der Waals surface area contributed by atoms with Crippen LogP contribution in [0.3, 0.4) is 0 Å². The minimum atomic E-state index is -5.38. The molecule has 3 aromatic carbocycles. The number of hydrazone groups is 1. The highest BCUT2D eigenvalue weighted by Crippen LogP contribution is 2.32. The van der Waals surface area contributed by atoms with Crippen molar-refractivity contribution in [2.45, 2.75) is 59.0 Å². The number of halogens is 4. The van der Waals surface area contributed by atoms with Gasteiger partial charge in [0.05, 0.1) is 37.1 Å². The molecule has 0 aromatic heterocycles. The number of esters is 1. The van der Waals surface area contributed by atoms with Crippen molar-refractivity contribution in [1.29, 1.82) is 0 Å². The smallest absolute Gasteiger partial charge is 0.494 e. The number of hydrogen-bond donors (Lipinski definition) is 3. The summed E-state index contributed by atoms with van der Waals surface area (Å²) in [6.45, 7) is 4.40. The number of methoxy groups -OCH3 is 1. The summed E-state index contributed by atoms with van der Waals surface area (Å²) in [5, 5.41) is 9.19. The second kappa shape index (κ2) is 17.5. The van der Waals surface area contributed by atoms with E-state index in [0.717, 1.165) is 6.07 Å². The van der Waals surface area contributed by atoms with Crippen LogP contribution in [0.5, 0.6) is 11.5 Å². The third-order valence-corrected chi connectivity index (χ3v) is 6.58. The first-order valence-corrected chi connectivity index (χ1v) is 14.8. The van der Waals surface area contributed by atoms with Crippen LogP contribution in [-0.4, -0.2) is 49.4 Å². The Bertz CT molecular complexity index is 1730. The topological polar surface area (TPSA) is 177 Å². The number of amides is 1. The fraction of sp³-hybridized carbons (Fsp3) is 0.303. The average molecular weight is 707 g/mol. The molecule has 0 bridgehead atoms. The van der Waals surface area contributed by atoms with Crippen molar-refractivity contribution >= 4 is 41.4 Å². The molecule has 4 N–H and O–H groups in total. The van der Waals surface area contributed by atoms with Crippen molar-refractivity contribution < 1.29 is 60.7 Å². The standard InChI is InChI=1S/C33H34F4N4O9/c1-18(2)48-28-12-21(17-47-19(3)42)11-22(24(28)9-10-30(43)49-50-32(45)33(35,36)37)16-39-27-14-29(46-4)26(34)13-25(27)31(44)41-23-7-5-20(6-8-23)15-40-38/h5-8,11-15,18,39H,9-10,16-17,38H2,1-4H3,(H,41,44)/b40-15+. The van der Waals surface area contributed by atoms with E-state index in [1.54, 1.807) is 50.2 Å². The summed E-state index contributed by atoms with van der Waals surface area (Å²) in [6.07, 6.45) is -5.10. The minimum Gasteiger partial charge on any atom is -0.494 e. The van der Waals surface area contributed by atoms with Gasteiger partial charge < -0.3 is 30.7 Å². The Morgan fingerprint density at radius 1 is 1.00 bits per heavy atom. The molecule has 17 heteroatoms. The van der Waals surface area contributed by atoms with E-state index in [2.05, 4.69) is 25.5 Å². The molecule has 13 nitrogen and oxygen atoms in total. The van der Waals surface area contributed by atoms with Gasteiger partial charge in [0.1, 0.15) is 12.4 Å². The molecule has 0 saturated heterocycles. The molecule has 0 radical (unpaired) electrons. The molecule has 1 amide bonds. The second-order valence-electron chi connectivity index (χ2n) is 10.7. The van der Waals surface area contributed by atoms with Gasteiger partial charge in [0.25, 0.3) is 5.91 Å². The second-order valence-corrected chi connectivity index (χ2v) is 10.7. The summed E-state index contributed by atoms with van der Waals surface area (Å²) in [4.78, 5) is 55.8. The zero-order valence-corrected chi connectivity index (χ0v) is 27.3. The predicted octanol–water partition coefficient (Wildman–Crippen LogP) is 5.34. The highest BCUT2D eigenvalue weighted by molar-refractivity contribution is 6.08. The van der Waals surface area contributed by atoms with Gasteiger partial charge in [-0.1, -0.05) is 18.2 Å². The van der Waals surface area contributed by atoms with Crippen LogP contribution in [0.15, 0.2) is 53.6 Å². The molecule has 0 atom stereocenters. The van der Waals surface area contributed by atoms with Crippen molar-refractivity contribution in [3.8, 4) is 11.5 Å². The van der Waals surface area contributed by atoms with Crippen LogP contribution in [0.25, 0.3) is 0 Å². The number of anilines is 2. The molecular formula is C33H34F4N4O9. The molecule has 3 aromatic rings. The molecule has 0 spiro atoms. The van der Waals surface area contributed by atoms with Crippen LogP contribution in [0, 0.1) is 5.82 Å². The van der Waals surface area contributed by atoms with E-state index in [4.69, 9.17) is 20.1 Å². The molecule has 0 fully saturated rings. The van der Waals surface area contributed by atoms with Crippen molar-refractivity contribution in [3.05, 3.63) is 82.2 Å². The lowest BCUT2D eigenvalue weighted by Crippen LogP contribution is -2.26. The van der Waals surface area contributed by atoms with Gasteiger partial charge in [-0.25, -0.2) is 23.8 Å². The number of nitrogens with two attached hydrogens (primary N) is 1. The first kappa shape index (κ1) is 38.6. The molecule has 0 saturated carbocycles. The van der Waals surface area contributed by atoms with Gasteiger partial charge >= 0.3 is 24.1 Å². The normalized spacial score (nSPS) is 11.2. The summed E-state index contributed by atoms with van der Waals surface area (Å²) in [6, 6.07) is 11.9. The quantitative estimate of drug-likeness (QED) is 0.0493. The van der Waals surface area contributed by atoms with E-state index >= 15 is 0 Å². The minimum absolute atomic E-state index is 0.0992. The predicted molar refractivity (Wildman–Crippen MR) is 171 cm³/mol. The van der Waals surface area contributed by atoms with Gasteiger partial charge in [-0.05, 0) is 66.8 Å². The number of nitrogens with one attached hydrogen (secondary N) is 2. The molecule has 0 heterocycles. The van der Waals surface area contributed by atoms with E-state index in [0.29, 0.717) is 27.9 Å². The Morgan fingerprint density at radius 3 is 2.30 bits per heavy atom. The van der Waals surface area contributed by atoms with Crippen molar-refractivity contribution in [1.82, 2.24) is 0 Å². The van der Waals surface area contributed by atoms with E-state index in [-0.39, 0.29) is 42.3 Å². The summed E-state index contributed by atoms with van der Waals surface area (Å²) < 4.78 is 68.5. The van der Waals surface area contributed by atoms with E-state index in [9.17, 15) is 36.7 Å². The van der Waals surface area contributed by atoms with Crippen molar-refractivity contribution in [2.75, 3.05) is 17.7 Å². The lowest BCUT2D eigenvalue weighted by Gasteiger charge is -2.21. The largest absolute Gasteiger partial charge is 0.495 e. The number of rotatable bonds is 14. The van der Waals surface area contributed by atoms with Crippen LogP contribution < -0.4 is 25.9 Å². The van der Waals surface area contributed by atoms with Crippen LogP contribution in [0.2, 0.25) is 0 Å². The molecule has 0 aliphatic heterocycles. The number of nitrogens with zero attached hydrogens (tertiary/aromatic N) is 1. The van der Waals surface area contributed by atoms with Gasteiger partial charge in [0, 0.05) is 25.2 Å². The highest BCUT2D eigenvalue weighted by Gasteiger charge is 2.43. The third kappa shape index (κ3) is 11.4. The molecule has 3 rings (SSSR count). The zero-order valence-electron chi connectivity index (χ0n) is 27.3. The van der Waals surface area contributed by atoms with Crippen LogP contribution in [0.4, 0.5) is 28.9 Å². The summed E-state index contributed by atoms with van der Waals surface area (Å²) in [7, 11) is 1.24. The first-order valence-electron chi connectivity index (χ1n) is 14.8. The monoisotopic (exact) mass is 706 g/mol. The zero-order chi connectivity index (χ0) is 37.0. The molecular weight excluding hydrogens is 672 g/mol. The average Bonchev–Trinajstić information content (AvgIpc) is 3.05. The number of alkyl halides is 3. The lowest BCUT2D eigenvalue weighted by atomic mass is 9.98. The maximum Gasteiger partial charge on any atom is 0.495 e. The summed E-state index contributed by atoms with van der Waals surface area (Å²) in [5.74, 6) is -0.835. The van der Waals surface area contributed by atoms with Gasteiger partial charge in [-0.2, -0.15) is 18.3 Å². The number of hydrogen-bond acceptors (Lipinski definition) is 12. The molecule has 0 aliphatic carbocycles. The van der Waals surface area contributed by atoms with E-state index in [1.165, 1.54) is 26.3 Å².